The van der Waals surface area contributed by atoms with Crippen molar-refractivity contribution in [1.29, 1.82) is 0 Å². The quantitative estimate of drug-likeness (QED) is 0.396. The van der Waals surface area contributed by atoms with Crippen LogP contribution >= 0.6 is 43.0 Å². The van der Waals surface area contributed by atoms with Gasteiger partial charge in [0, 0.05) is 22.4 Å². The van der Waals surface area contributed by atoms with E-state index in [1.807, 2.05) is 0 Å². The topological polar surface area (TPSA) is 0 Å². The first-order valence-corrected chi connectivity index (χ1v) is 4.79. The van der Waals surface area contributed by atoms with Gasteiger partial charge in [-0.25, -0.2) is 0 Å². The van der Waals surface area contributed by atoms with Crippen LogP contribution in [0.15, 0.2) is 0 Å². The molecule has 0 aliphatic rings. The molecule has 0 atom stereocenters. The fourth-order valence-electron chi connectivity index (χ4n) is 0. The summed E-state index contributed by atoms with van der Waals surface area (Å²) in [5, 5.41) is 0. The van der Waals surface area contributed by atoms with Gasteiger partial charge in [-0.3, -0.25) is 0 Å². The van der Waals surface area contributed by atoms with Gasteiger partial charge in [-0.15, -0.1) is 0 Å². The van der Waals surface area contributed by atoms with Gasteiger partial charge >= 0.3 is 0 Å². The number of rotatable bonds is 1. The average Bonchev–Trinajstić information content (AvgIpc) is 1.37. The van der Waals surface area contributed by atoms with Crippen LogP contribution in [0.4, 0.5) is 0 Å². The molecule has 5 heteroatoms. The minimum atomic E-state index is 0. The second-order valence-electron chi connectivity index (χ2n) is 0.149. The summed E-state index contributed by atoms with van der Waals surface area (Å²) in [6, 6.07) is 0. The van der Waals surface area contributed by atoms with Crippen LogP contribution in [-0.4, -0.2) is 0 Å². The molecule has 0 aromatic heterocycles. The molecule has 0 N–H and O–H groups in total. The zero-order valence-corrected chi connectivity index (χ0v) is 7.78. The summed E-state index contributed by atoms with van der Waals surface area (Å²) in [6.45, 7) is 0. The van der Waals surface area contributed by atoms with E-state index < -0.39 is 0 Å². The van der Waals surface area contributed by atoms with E-state index in [0.29, 0.717) is 0 Å². The van der Waals surface area contributed by atoms with Gasteiger partial charge in [0.1, 0.15) is 0 Å². The molecule has 0 aromatic rings. The fraction of sp³-hybridized carbons (Fsp3) is 0. The summed E-state index contributed by atoms with van der Waals surface area (Å²) >= 11 is 7.45. The van der Waals surface area contributed by atoms with E-state index in [-0.39, 0.29) is 22.4 Å². The van der Waals surface area contributed by atoms with Gasteiger partial charge < -0.3 is 0 Å². The average molecular weight is 223 g/mol. The molecule has 0 saturated carbocycles. The van der Waals surface area contributed by atoms with E-state index in [2.05, 4.69) is 23.3 Å². The first-order chi connectivity index (χ1) is 1.91. The monoisotopic (exact) mass is 223 g/mol. The predicted octanol–water partition coefficient (Wildman–Crippen LogP) is 2.05. The van der Waals surface area contributed by atoms with E-state index in [1.165, 1.54) is 19.7 Å². The van der Waals surface area contributed by atoms with Crippen molar-refractivity contribution in [3.05, 3.63) is 0 Å². The molecule has 0 aromatic carbocycles. The molecule has 0 spiro atoms. The Bertz CT molecular complexity index is 5.61. The second kappa shape index (κ2) is 9.46. The van der Waals surface area contributed by atoms with E-state index in [9.17, 15) is 0 Å². The molecule has 1 radical (unpaired) electrons. The van der Waals surface area contributed by atoms with Gasteiger partial charge in [-0.2, -0.15) is 0 Å². The van der Waals surface area contributed by atoms with Gasteiger partial charge in [0.25, 0.3) is 0 Å². The Hall–Kier alpha value is 2.14. The van der Waals surface area contributed by atoms with Crippen molar-refractivity contribution in [2.45, 2.75) is 0 Å². The molecule has 31 valence electrons. The normalized spacial score (nSPS) is 6.00. The molecule has 0 heterocycles. The summed E-state index contributed by atoms with van der Waals surface area (Å²) in [5.74, 6) is 0. The second-order valence-corrected chi connectivity index (χ2v) is 4.02. The molecule has 0 aliphatic heterocycles. The third-order valence-electron chi connectivity index (χ3n) is 0.0333. The molecule has 0 bridgehead atoms. The Labute approximate surface area is 64.8 Å². The molecule has 0 amide bonds. The Morgan fingerprint density at radius 3 is 1.20 bits per heavy atom. The van der Waals surface area contributed by atoms with Crippen LogP contribution in [0.3, 0.4) is 0 Å². The van der Waals surface area contributed by atoms with Gasteiger partial charge in [-0.05, 0) is 19.7 Å². The Balaban J connectivity index is 0. The first-order valence-electron chi connectivity index (χ1n) is 0.532. The Morgan fingerprint density at radius 1 is 1.00 bits per heavy atom. The SMILES string of the molecule is SSSS.[Nb]. The molecule has 0 rings (SSSR count). The van der Waals surface area contributed by atoms with Gasteiger partial charge in [0.15, 0.2) is 0 Å². The molecule has 0 fully saturated rings. The van der Waals surface area contributed by atoms with Crippen molar-refractivity contribution in [1.82, 2.24) is 0 Å². The molecule has 0 nitrogen and oxygen atoms in total. The molecule has 0 unspecified atom stereocenters. The maximum absolute atomic E-state index is 3.72. The summed E-state index contributed by atoms with van der Waals surface area (Å²) in [6.07, 6.45) is 0. The van der Waals surface area contributed by atoms with Crippen LogP contribution in [0.2, 0.25) is 0 Å². The maximum atomic E-state index is 3.72. The largest absolute Gasteiger partial charge is 0.0989 e. The molecule has 5 heavy (non-hydrogen) atoms. The van der Waals surface area contributed by atoms with Crippen molar-refractivity contribution >= 4 is 43.0 Å². The number of hydrogen-bond donors (Lipinski definition) is 2. The Morgan fingerprint density at radius 2 is 1.20 bits per heavy atom. The summed E-state index contributed by atoms with van der Waals surface area (Å²) in [5.41, 5.74) is 0. The van der Waals surface area contributed by atoms with Crippen molar-refractivity contribution < 1.29 is 22.4 Å². The third-order valence-corrected chi connectivity index (χ3v) is 2.70. The standard InChI is InChI=1S/Nb.H2S4/c;1-3-4-2/h;1-2H. The minimum absolute atomic E-state index is 0. The van der Waals surface area contributed by atoms with Gasteiger partial charge in [0.2, 0.25) is 0 Å². The van der Waals surface area contributed by atoms with Gasteiger partial charge in [0.05, 0.1) is 0 Å². The van der Waals surface area contributed by atoms with Crippen molar-refractivity contribution in [3.63, 3.8) is 0 Å². The fourth-order valence-corrected chi connectivity index (χ4v) is 0. The van der Waals surface area contributed by atoms with E-state index >= 15 is 0 Å². The van der Waals surface area contributed by atoms with Crippen LogP contribution in [0.5, 0.6) is 0 Å². The Kier molecular flexibility index (Phi) is 19.3. The molecular formula is H2NbS4. The maximum Gasteiger partial charge on any atom is 0 e. The zero-order valence-electron chi connectivity index (χ0n) is 2.16. The number of thiol groups is 2. The third kappa shape index (κ3) is 10.7. The van der Waals surface area contributed by atoms with Crippen LogP contribution in [0.1, 0.15) is 0 Å². The molecular weight excluding hydrogens is 221 g/mol. The van der Waals surface area contributed by atoms with E-state index in [1.54, 1.807) is 0 Å². The van der Waals surface area contributed by atoms with Crippen molar-refractivity contribution in [3.8, 4) is 0 Å². The summed E-state index contributed by atoms with van der Waals surface area (Å²) < 4.78 is 0. The minimum Gasteiger partial charge on any atom is -0.0989 e. The summed E-state index contributed by atoms with van der Waals surface area (Å²) in [7, 11) is 2.66. The van der Waals surface area contributed by atoms with E-state index in [0.717, 1.165) is 0 Å². The van der Waals surface area contributed by atoms with Crippen LogP contribution in [0.25, 0.3) is 0 Å². The molecule has 0 saturated heterocycles. The zero-order chi connectivity index (χ0) is 3.41. The molecule has 0 aliphatic carbocycles. The van der Waals surface area contributed by atoms with Crippen LogP contribution in [0, 0.1) is 0 Å². The number of hydrogen-bond acceptors (Lipinski definition) is 4. The summed E-state index contributed by atoms with van der Waals surface area (Å²) in [4.78, 5) is 0. The van der Waals surface area contributed by atoms with Crippen molar-refractivity contribution in [2.75, 3.05) is 0 Å². The van der Waals surface area contributed by atoms with E-state index in [4.69, 9.17) is 0 Å². The first kappa shape index (κ1) is 10.2. The predicted molar refractivity (Wildman–Crippen MR) is 33.2 cm³/mol. The van der Waals surface area contributed by atoms with Crippen LogP contribution < -0.4 is 0 Å². The van der Waals surface area contributed by atoms with Crippen molar-refractivity contribution in [2.24, 2.45) is 0 Å². The van der Waals surface area contributed by atoms with Gasteiger partial charge in [-0.1, -0.05) is 23.3 Å². The smallest absolute Gasteiger partial charge is 0 e. The van der Waals surface area contributed by atoms with Crippen LogP contribution in [-0.2, 0) is 22.4 Å².